The highest BCUT2D eigenvalue weighted by molar-refractivity contribution is 5.68. The van der Waals surface area contributed by atoms with Gasteiger partial charge in [-0.1, -0.05) is 13.8 Å². The summed E-state index contributed by atoms with van der Waals surface area (Å²) in [6.07, 6.45) is 4.99. The first kappa shape index (κ1) is 18.5. The molecule has 2 fully saturated rings. The van der Waals surface area contributed by atoms with Gasteiger partial charge < -0.3 is 20.1 Å². The third-order valence-electron chi connectivity index (χ3n) is 4.58. The van der Waals surface area contributed by atoms with Crippen LogP contribution in [0.2, 0.25) is 0 Å². The summed E-state index contributed by atoms with van der Waals surface area (Å²) in [4.78, 5) is 12.1. The van der Waals surface area contributed by atoms with Crippen LogP contribution < -0.4 is 10.6 Å². The van der Waals surface area contributed by atoms with Crippen LogP contribution in [0.5, 0.6) is 0 Å². The van der Waals surface area contributed by atoms with E-state index >= 15 is 0 Å². The van der Waals surface area contributed by atoms with Crippen LogP contribution in [0.25, 0.3) is 0 Å². The van der Waals surface area contributed by atoms with Crippen LogP contribution in [0.4, 0.5) is 4.79 Å². The zero-order valence-electron chi connectivity index (χ0n) is 15.4. The van der Waals surface area contributed by atoms with Crippen LogP contribution in [0.15, 0.2) is 0 Å². The van der Waals surface area contributed by atoms with Crippen LogP contribution in [0.3, 0.4) is 0 Å². The zero-order valence-corrected chi connectivity index (χ0v) is 15.4. The summed E-state index contributed by atoms with van der Waals surface area (Å²) in [6.45, 7) is 12.0. The number of amides is 1. The molecule has 1 aliphatic carbocycles. The summed E-state index contributed by atoms with van der Waals surface area (Å²) in [5, 5.41) is 6.87. The average Bonchev–Trinajstić information content (AvgIpc) is 2.35. The highest BCUT2D eigenvalue weighted by Gasteiger charge is 2.36. The van der Waals surface area contributed by atoms with Crippen molar-refractivity contribution < 1.29 is 14.3 Å². The van der Waals surface area contributed by atoms with E-state index in [9.17, 15) is 4.79 Å². The molecule has 2 atom stereocenters. The number of ether oxygens (including phenoxy) is 2. The van der Waals surface area contributed by atoms with Gasteiger partial charge in [0.2, 0.25) is 0 Å². The van der Waals surface area contributed by atoms with Gasteiger partial charge in [-0.15, -0.1) is 0 Å². The Labute approximate surface area is 140 Å². The summed E-state index contributed by atoms with van der Waals surface area (Å²) in [6, 6.07) is 1.16. The largest absolute Gasteiger partial charge is 0.444 e. The molecule has 2 aliphatic rings. The number of carbonyl (C=O) groups excluding carboxylic acids is 1. The van der Waals surface area contributed by atoms with Gasteiger partial charge >= 0.3 is 6.09 Å². The summed E-state index contributed by atoms with van der Waals surface area (Å²) in [5.41, 5.74) is -0.227. The second kappa shape index (κ2) is 7.39. The van der Waals surface area contributed by atoms with Crippen molar-refractivity contribution in [2.24, 2.45) is 5.41 Å². The molecule has 2 rings (SSSR count). The number of alkyl carbamates (subject to hydrolysis) is 1. The van der Waals surface area contributed by atoms with E-state index in [1.807, 2.05) is 20.8 Å². The SMILES string of the molecule is CC1(C)CC(NC(=O)OC(C)(C)C)CC(NC2CCOCC2)C1. The van der Waals surface area contributed by atoms with Gasteiger partial charge in [0.25, 0.3) is 0 Å². The van der Waals surface area contributed by atoms with Crippen LogP contribution >= 0.6 is 0 Å². The highest BCUT2D eigenvalue weighted by atomic mass is 16.6. The Morgan fingerprint density at radius 1 is 1.09 bits per heavy atom. The molecule has 23 heavy (non-hydrogen) atoms. The molecule has 1 aliphatic heterocycles. The molecule has 5 heteroatoms. The summed E-state index contributed by atoms with van der Waals surface area (Å²) >= 11 is 0. The third kappa shape index (κ3) is 6.68. The van der Waals surface area contributed by atoms with Crippen molar-refractivity contribution >= 4 is 6.09 Å². The second-order valence-corrected chi connectivity index (χ2v) is 8.90. The van der Waals surface area contributed by atoms with E-state index in [1.165, 1.54) is 0 Å². The maximum absolute atomic E-state index is 12.1. The average molecular weight is 326 g/mol. The predicted octanol–water partition coefficient (Wildman–Crippen LogP) is 3.23. The molecule has 1 heterocycles. The highest BCUT2D eigenvalue weighted by Crippen LogP contribution is 2.36. The fourth-order valence-electron chi connectivity index (χ4n) is 3.84. The second-order valence-electron chi connectivity index (χ2n) is 8.90. The Hall–Kier alpha value is -0.810. The van der Waals surface area contributed by atoms with E-state index in [1.54, 1.807) is 0 Å². The Morgan fingerprint density at radius 2 is 1.70 bits per heavy atom. The standard InChI is InChI=1S/C18H34N2O3/c1-17(2,3)23-16(21)20-15-10-14(11-18(4,5)12-15)19-13-6-8-22-9-7-13/h13-15,19H,6-12H2,1-5H3,(H,20,21). The molecule has 0 aromatic rings. The number of hydrogen-bond acceptors (Lipinski definition) is 4. The van der Waals surface area contributed by atoms with E-state index in [4.69, 9.17) is 9.47 Å². The molecule has 2 unspecified atom stereocenters. The number of carbonyl (C=O) groups is 1. The van der Waals surface area contributed by atoms with Crippen molar-refractivity contribution in [1.29, 1.82) is 0 Å². The van der Waals surface area contributed by atoms with Crippen molar-refractivity contribution in [3.05, 3.63) is 0 Å². The van der Waals surface area contributed by atoms with Crippen LogP contribution in [0.1, 0.15) is 66.7 Å². The Balaban J connectivity index is 1.88. The first-order valence-electron chi connectivity index (χ1n) is 8.96. The van der Waals surface area contributed by atoms with Crippen molar-refractivity contribution in [2.45, 2.75) is 90.4 Å². The molecule has 0 aromatic heterocycles. The third-order valence-corrected chi connectivity index (χ3v) is 4.58. The van der Waals surface area contributed by atoms with E-state index in [2.05, 4.69) is 24.5 Å². The molecule has 134 valence electrons. The van der Waals surface area contributed by atoms with Gasteiger partial charge in [-0.25, -0.2) is 4.79 Å². The lowest BCUT2D eigenvalue weighted by atomic mass is 9.72. The molecule has 0 spiro atoms. The molecular weight excluding hydrogens is 292 g/mol. The predicted molar refractivity (Wildman–Crippen MR) is 91.6 cm³/mol. The Morgan fingerprint density at radius 3 is 2.30 bits per heavy atom. The number of nitrogens with one attached hydrogen (secondary N) is 2. The lowest BCUT2D eigenvalue weighted by Gasteiger charge is -2.42. The smallest absolute Gasteiger partial charge is 0.407 e. The first-order valence-corrected chi connectivity index (χ1v) is 8.96. The van der Waals surface area contributed by atoms with Crippen molar-refractivity contribution in [3.8, 4) is 0 Å². The molecule has 1 saturated heterocycles. The van der Waals surface area contributed by atoms with Gasteiger partial charge in [0.15, 0.2) is 0 Å². The Bertz CT molecular complexity index is 398. The quantitative estimate of drug-likeness (QED) is 0.836. The molecule has 0 aromatic carbocycles. The van der Waals surface area contributed by atoms with E-state index in [0.717, 1.165) is 45.3 Å². The summed E-state index contributed by atoms with van der Waals surface area (Å²) in [5.74, 6) is 0. The number of hydrogen-bond donors (Lipinski definition) is 2. The molecule has 1 saturated carbocycles. The maximum Gasteiger partial charge on any atom is 0.407 e. The zero-order chi connectivity index (χ0) is 17.1. The lowest BCUT2D eigenvalue weighted by Crippen LogP contribution is -2.52. The maximum atomic E-state index is 12.1. The van der Waals surface area contributed by atoms with E-state index in [0.29, 0.717) is 12.1 Å². The normalized spacial score (nSPS) is 29.1. The van der Waals surface area contributed by atoms with Gasteiger partial charge in [0.05, 0.1) is 0 Å². The first-order chi connectivity index (χ1) is 10.6. The minimum atomic E-state index is -0.450. The monoisotopic (exact) mass is 326 g/mol. The molecule has 0 radical (unpaired) electrons. The summed E-state index contributed by atoms with van der Waals surface area (Å²) < 4.78 is 10.8. The number of rotatable bonds is 3. The van der Waals surface area contributed by atoms with Crippen LogP contribution in [0, 0.1) is 5.41 Å². The molecule has 5 nitrogen and oxygen atoms in total. The minimum absolute atomic E-state index is 0.172. The van der Waals surface area contributed by atoms with Gasteiger partial charge in [-0.3, -0.25) is 0 Å². The van der Waals surface area contributed by atoms with Crippen LogP contribution in [-0.4, -0.2) is 43.0 Å². The van der Waals surface area contributed by atoms with E-state index in [-0.39, 0.29) is 17.6 Å². The Kier molecular flexibility index (Phi) is 5.95. The van der Waals surface area contributed by atoms with Gasteiger partial charge in [0, 0.05) is 31.3 Å². The van der Waals surface area contributed by atoms with Crippen LogP contribution in [-0.2, 0) is 9.47 Å². The molecular formula is C18H34N2O3. The van der Waals surface area contributed by atoms with Gasteiger partial charge in [-0.05, 0) is 58.3 Å². The minimum Gasteiger partial charge on any atom is -0.444 e. The van der Waals surface area contributed by atoms with Crippen molar-refractivity contribution in [1.82, 2.24) is 10.6 Å². The van der Waals surface area contributed by atoms with Gasteiger partial charge in [-0.2, -0.15) is 0 Å². The topological polar surface area (TPSA) is 59.6 Å². The lowest BCUT2D eigenvalue weighted by molar-refractivity contribution is 0.0436. The summed E-state index contributed by atoms with van der Waals surface area (Å²) in [7, 11) is 0. The fraction of sp³-hybridized carbons (Fsp3) is 0.944. The van der Waals surface area contributed by atoms with E-state index < -0.39 is 5.60 Å². The van der Waals surface area contributed by atoms with Crippen molar-refractivity contribution in [3.63, 3.8) is 0 Å². The molecule has 0 bridgehead atoms. The fourth-order valence-corrected chi connectivity index (χ4v) is 3.84. The molecule has 2 N–H and O–H groups in total. The molecule has 1 amide bonds. The van der Waals surface area contributed by atoms with Gasteiger partial charge in [0.1, 0.15) is 5.60 Å². The van der Waals surface area contributed by atoms with Crippen molar-refractivity contribution in [2.75, 3.05) is 13.2 Å².